The van der Waals surface area contributed by atoms with Crippen molar-refractivity contribution in [2.45, 2.75) is 5.41 Å². The van der Waals surface area contributed by atoms with Crippen molar-refractivity contribution in [2.24, 2.45) is 0 Å². The van der Waals surface area contributed by atoms with Crippen LogP contribution in [0.1, 0.15) is 22.3 Å². The molecule has 0 fully saturated rings. The molecule has 2 heterocycles. The lowest BCUT2D eigenvalue weighted by molar-refractivity contribution is 0.794. The number of aromatic nitrogens is 3. The third-order valence-corrected chi connectivity index (χ3v) is 14.1. The van der Waals surface area contributed by atoms with E-state index < -0.39 is 5.41 Å². The summed E-state index contributed by atoms with van der Waals surface area (Å²) in [5.41, 5.74) is 17.2. The van der Waals surface area contributed by atoms with E-state index in [0.717, 1.165) is 33.4 Å². The van der Waals surface area contributed by atoms with Gasteiger partial charge in [0.05, 0.1) is 5.41 Å². The van der Waals surface area contributed by atoms with Gasteiger partial charge in [-0.1, -0.05) is 188 Å². The Morgan fingerprint density at radius 2 is 0.726 bits per heavy atom. The number of hydrogen-bond acceptors (Lipinski definition) is 4. The number of hydrogen-bond donors (Lipinski definition) is 0. The molecule has 2 aliphatic carbocycles. The van der Waals surface area contributed by atoms with Crippen molar-refractivity contribution >= 4 is 31.5 Å². The second kappa shape index (κ2) is 13.6. The Labute approximate surface area is 363 Å². The van der Waals surface area contributed by atoms with Gasteiger partial charge in [-0.25, -0.2) is 15.0 Å². The van der Waals surface area contributed by atoms with Gasteiger partial charge in [0.2, 0.25) is 0 Å². The molecule has 0 saturated heterocycles. The molecule has 0 aliphatic heterocycles. The summed E-state index contributed by atoms with van der Waals surface area (Å²) >= 11 is 1.85. The average molecular weight is 806 g/mol. The summed E-state index contributed by atoms with van der Waals surface area (Å²) in [5, 5.41) is 2.61. The zero-order chi connectivity index (χ0) is 40.8. The Hall–Kier alpha value is -7.79. The molecule has 2 aliphatic rings. The quantitative estimate of drug-likeness (QED) is 0.174. The molecule has 9 aromatic carbocycles. The molecule has 3 nitrogen and oxygen atoms in total. The lowest BCUT2D eigenvalue weighted by Gasteiger charge is -2.30. The molecule has 2 aromatic heterocycles. The van der Waals surface area contributed by atoms with Gasteiger partial charge in [0.25, 0.3) is 0 Å². The molecule has 0 unspecified atom stereocenters. The van der Waals surface area contributed by atoms with E-state index in [9.17, 15) is 0 Å². The first-order chi connectivity index (χ1) is 30.7. The van der Waals surface area contributed by atoms with Gasteiger partial charge in [-0.15, -0.1) is 11.3 Å². The van der Waals surface area contributed by atoms with Crippen LogP contribution in [0.2, 0.25) is 0 Å². The van der Waals surface area contributed by atoms with E-state index in [1.54, 1.807) is 0 Å². The van der Waals surface area contributed by atoms with Crippen molar-refractivity contribution in [1.29, 1.82) is 0 Å². The SMILES string of the molecule is c1ccc(-c2cccc(-c3nc(-c4ccc(-c5ccc6c(c5)sc5ccccc56)cc4)nc(-c4ccc5c(c4)C4(c6ccccc6-c6ccccc64)c4ccccc4-5)n3)c2)cc1. The standard InChI is InChI=1S/C58H35N3S/c1-2-13-36(14-3-1)39-15-12-16-41(33-39)56-59-55(38-27-25-37(26-28-38)40-29-32-48-47-20-7-11-24-53(47)62-54(48)35-40)60-57(61-56)42-30-31-46-45-19-6-10-23-51(45)58(52(46)34-42)49-21-8-4-17-43(49)44-18-5-9-22-50(44)58/h1-35H. The van der Waals surface area contributed by atoms with Crippen LogP contribution in [0, 0.1) is 0 Å². The Bertz CT molecular complexity index is 3520. The molecule has 0 atom stereocenters. The van der Waals surface area contributed by atoms with Crippen molar-refractivity contribution in [2.75, 3.05) is 0 Å². The minimum Gasteiger partial charge on any atom is -0.208 e. The first kappa shape index (κ1) is 35.0. The monoisotopic (exact) mass is 805 g/mol. The molecule has 0 amide bonds. The van der Waals surface area contributed by atoms with Gasteiger partial charge in [0, 0.05) is 36.9 Å². The lowest BCUT2D eigenvalue weighted by Crippen LogP contribution is -2.25. The maximum atomic E-state index is 5.31. The molecular weight excluding hydrogens is 771 g/mol. The third kappa shape index (κ3) is 5.20. The van der Waals surface area contributed by atoms with Crippen LogP contribution in [0.5, 0.6) is 0 Å². The van der Waals surface area contributed by atoms with E-state index in [-0.39, 0.29) is 0 Å². The van der Waals surface area contributed by atoms with Gasteiger partial charge in [-0.3, -0.25) is 0 Å². The van der Waals surface area contributed by atoms with Gasteiger partial charge in [0.15, 0.2) is 17.5 Å². The van der Waals surface area contributed by atoms with Crippen LogP contribution in [0.3, 0.4) is 0 Å². The van der Waals surface area contributed by atoms with Crippen LogP contribution in [0.15, 0.2) is 212 Å². The summed E-state index contributed by atoms with van der Waals surface area (Å²) in [6, 6.07) is 76.7. The molecular formula is C58H35N3S. The highest BCUT2D eigenvalue weighted by Gasteiger charge is 2.51. The van der Waals surface area contributed by atoms with Crippen molar-refractivity contribution in [1.82, 2.24) is 15.0 Å². The predicted molar refractivity (Wildman–Crippen MR) is 256 cm³/mol. The van der Waals surface area contributed by atoms with Gasteiger partial charge < -0.3 is 0 Å². The van der Waals surface area contributed by atoms with Crippen molar-refractivity contribution in [3.05, 3.63) is 235 Å². The molecule has 288 valence electrons. The predicted octanol–water partition coefficient (Wildman–Crippen LogP) is 14.9. The summed E-state index contributed by atoms with van der Waals surface area (Å²) < 4.78 is 2.60. The second-order valence-corrected chi connectivity index (χ2v) is 17.4. The zero-order valence-electron chi connectivity index (χ0n) is 33.5. The van der Waals surface area contributed by atoms with E-state index in [0.29, 0.717) is 17.5 Å². The van der Waals surface area contributed by atoms with E-state index in [2.05, 4.69) is 206 Å². The maximum Gasteiger partial charge on any atom is 0.164 e. The second-order valence-electron chi connectivity index (χ2n) is 16.3. The fourth-order valence-corrected chi connectivity index (χ4v) is 11.3. The smallest absolute Gasteiger partial charge is 0.164 e. The summed E-state index contributed by atoms with van der Waals surface area (Å²) in [7, 11) is 0. The largest absolute Gasteiger partial charge is 0.208 e. The molecule has 13 rings (SSSR count). The third-order valence-electron chi connectivity index (χ3n) is 13.0. The highest BCUT2D eigenvalue weighted by atomic mass is 32.1. The minimum atomic E-state index is -0.466. The first-order valence-corrected chi connectivity index (χ1v) is 21.9. The minimum absolute atomic E-state index is 0.466. The molecule has 0 bridgehead atoms. The highest BCUT2D eigenvalue weighted by molar-refractivity contribution is 7.25. The number of benzene rings is 9. The van der Waals surface area contributed by atoms with Crippen molar-refractivity contribution < 1.29 is 0 Å². The fraction of sp³-hybridized carbons (Fsp3) is 0.0172. The van der Waals surface area contributed by atoms with Crippen LogP contribution in [0.4, 0.5) is 0 Å². The van der Waals surface area contributed by atoms with Crippen LogP contribution in [-0.2, 0) is 5.41 Å². The van der Waals surface area contributed by atoms with Crippen LogP contribution in [0.25, 0.3) is 98.8 Å². The molecule has 0 radical (unpaired) electrons. The molecule has 0 N–H and O–H groups in total. The number of fused-ring (bicyclic) bond motifs is 13. The molecule has 11 aromatic rings. The summed E-state index contributed by atoms with van der Waals surface area (Å²) in [5.74, 6) is 1.91. The normalized spacial score (nSPS) is 13.0. The van der Waals surface area contributed by atoms with E-state index in [1.807, 2.05) is 17.4 Å². The Morgan fingerprint density at radius 3 is 1.42 bits per heavy atom. The number of rotatable bonds is 5. The van der Waals surface area contributed by atoms with Gasteiger partial charge >= 0.3 is 0 Å². The van der Waals surface area contributed by atoms with Crippen LogP contribution < -0.4 is 0 Å². The summed E-state index contributed by atoms with van der Waals surface area (Å²) in [6.45, 7) is 0. The van der Waals surface area contributed by atoms with E-state index in [1.165, 1.54) is 70.2 Å². The van der Waals surface area contributed by atoms with Crippen LogP contribution >= 0.6 is 11.3 Å². The van der Waals surface area contributed by atoms with Crippen molar-refractivity contribution in [3.8, 4) is 78.7 Å². The van der Waals surface area contributed by atoms with Gasteiger partial charge in [0.1, 0.15) is 0 Å². The molecule has 4 heteroatoms. The first-order valence-electron chi connectivity index (χ1n) is 21.1. The zero-order valence-corrected chi connectivity index (χ0v) is 34.3. The van der Waals surface area contributed by atoms with Gasteiger partial charge in [-0.05, 0) is 91.0 Å². The van der Waals surface area contributed by atoms with Crippen LogP contribution in [-0.4, -0.2) is 15.0 Å². The number of nitrogens with zero attached hydrogens (tertiary/aromatic N) is 3. The summed E-state index contributed by atoms with van der Waals surface area (Å²) in [6.07, 6.45) is 0. The van der Waals surface area contributed by atoms with E-state index >= 15 is 0 Å². The molecule has 0 saturated carbocycles. The Balaban J connectivity index is 0.976. The van der Waals surface area contributed by atoms with Gasteiger partial charge in [-0.2, -0.15) is 0 Å². The van der Waals surface area contributed by atoms with Crippen molar-refractivity contribution in [3.63, 3.8) is 0 Å². The summed E-state index contributed by atoms with van der Waals surface area (Å²) in [4.78, 5) is 15.8. The number of thiophene rings is 1. The Kier molecular flexibility index (Phi) is 7.69. The average Bonchev–Trinajstić information content (AvgIpc) is 3.98. The Morgan fingerprint density at radius 1 is 0.274 bits per heavy atom. The fourth-order valence-electron chi connectivity index (χ4n) is 10.2. The molecule has 1 spiro atoms. The topological polar surface area (TPSA) is 38.7 Å². The van der Waals surface area contributed by atoms with E-state index in [4.69, 9.17) is 15.0 Å². The lowest BCUT2D eigenvalue weighted by atomic mass is 9.70. The molecule has 62 heavy (non-hydrogen) atoms. The maximum absolute atomic E-state index is 5.31. The highest BCUT2D eigenvalue weighted by Crippen LogP contribution is 2.63.